The molecule has 0 spiro atoms. The van der Waals surface area contributed by atoms with E-state index in [2.05, 4.69) is 46.4 Å². The van der Waals surface area contributed by atoms with Crippen LogP contribution >= 0.6 is 0 Å². The number of hydrogen-bond acceptors (Lipinski definition) is 2. The van der Waals surface area contributed by atoms with Crippen LogP contribution in [0.5, 0.6) is 0 Å². The van der Waals surface area contributed by atoms with Gasteiger partial charge in [-0.2, -0.15) is 0 Å². The van der Waals surface area contributed by atoms with Crippen LogP contribution in [0.4, 0.5) is 0 Å². The van der Waals surface area contributed by atoms with Crippen LogP contribution in [-0.4, -0.2) is 22.4 Å². The molecule has 0 unspecified atom stereocenters. The topological polar surface area (TPSA) is 40.5 Å². The molecule has 0 bridgehead atoms. The summed E-state index contributed by atoms with van der Waals surface area (Å²) in [5, 5.41) is 20.2. The van der Waals surface area contributed by atoms with Gasteiger partial charge in [0.25, 0.3) is 0 Å². The lowest BCUT2D eigenvalue weighted by molar-refractivity contribution is 0.0861. The molecule has 2 nitrogen and oxygen atoms in total. The monoisotopic (exact) mass is 400 g/mol. The third-order valence-corrected chi connectivity index (χ3v) is 8.43. The molecule has 29 heavy (non-hydrogen) atoms. The standard InChI is InChI=1S/C27H44O2/c1-18(2)8-6-9-19(3)24-13-14-25-21(10-7-15-27(24,25)5)11-12-22-16-23(28)17-26(29)20(22)4/h11-12,18-19,23-26,28-29H,4,6-10,13-17H2,1-3,5H3/t19-,23+,24-,25-,26-,27+/m1/s1. The largest absolute Gasteiger partial charge is 0.393 e. The molecule has 0 amide bonds. The molecule has 2 N–H and O–H groups in total. The second-order valence-corrected chi connectivity index (χ2v) is 11.0. The van der Waals surface area contributed by atoms with Crippen molar-refractivity contribution in [3.63, 3.8) is 0 Å². The number of hydrogen-bond donors (Lipinski definition) is 2. The number of rotatable bonds is 6. The van der Waals surface area contributed by atoms with E-state index in [0.29, 0.717) is 24.2 Å². The smallest absolute Gasteiger partial charge is 0.0811 e. The Morgan fingerprint density at radius 1 is 1.14 bits per heavy atom. The zero-order valence-corrected chi connectivity index (χ0v) is 19.3. The van der Waals surface area contributed by atoms with E-state index in [1.807, 2.05) is 0 Å². The van der Waals surface area contributed by atoms with E-state index in [1.54, 1.807) is 5.57 Å². The zero-order chi connectivity index (χ0) is 21.2. The van der Waals surface area contributed by atoms with Crippen LogP contribution in [0.2, 0.25) is 0 Å². The van der Waals surface area contributed by atoms with Crippen LogP contribution in [0, 0.1) is 29.1 Å². The van der Waals surface area contributed by atoms with Crippen LogP contribution in [0.3, 0.4) is 0 Å². The van der Waals surface area contributed by atoms with Crippen LogP contribution in [0.25, 0.3) is 0 Å². The van der Waals surface area contributed by atoms with Crippen molar-refractivity contribution in [1.82, 2.24) is 0 Å². The Morgan fingerprint density at radius 2 is 1.90 bits per heavy atom. The Kier molecular flexibility index (Phi) is 7.49. The number of aliphatic hydroxyl groups excluding tert-OH is 2. The van der Waals surface area contributed by atoms with Gasteiger partial charge < -0.3 is 10.2 Å². The van der Waals surface area contributed by atoms with Crippen molar-refractivity contribution in [2.45, 2.75) is 104 Å². The molecule has 3 aliphatic carbocycles. The molecule has 0 aromatic carbocycles. The average Bonchev–Trinajstić information content (AvgIpc) is 3.00. The third-order valence-electron chi connectivity index (χ3n) is 8.43. The first-order valence-corrected chi connectivity index (χ1v) is 12.2. The number of fused-ring (bicyclic) bond motifs is 1. The Labute approximate surface area is 179 Å². The Balaban J connectivity index is 1.71. The lowest BCUT2D eigenvalue weighted by Gasteiger charge is -2.44. The normalized spacial score (nSPS) is 39.3. The first kappa shape index (κ1) is 22.8. The first-order chi connectivity index (χ1) is 13.7. The molecule has 3 rings (SSSR count). The SMILES string of the molecule is C=C1C(=CC=C2CCC[C@]3(C)[C@@H]2CC[C@@H]3[C@H](C)CCCC(C)C)C[C@H](O)C[C@H]1O. The maximum atomic E-state index is 10.1. The van der Waals surface area contributed by atoms with Gasteiger partial charge in [0.15, 0.2) is 0 Å². The summed E-state index contributed by atoms with van der Waals surface area (Å²) in [5.74, 6) is 3.20. The summed E-state index contributed by atoms with van der Waals surface area (Å²) >= 11 is 0. The highest BCUT2D eigenvalue weighted by Crippen LogP contribution is 2.59. The fourth-order valence-corrected chi connectivity index (χ4v) is 6.73. The van der Waals surface area contributed by atoms with Gasteiger partial charge in [-0.1, -0.05) is 71.3 Å². The fourth-order valence-electron chi connectivity index (χ4n) is 6.73. The van der Waals surface area contributed by atoms with Crippen LogP contribution in [0.1, 0.15) is 91.9 Å². The minimum absolute atomic E-state index is 0.420. The predicted molar refractivity (Wildman–Crippen MR) is 123 cm³/mol. The summed E-state index contributed by atoms with van der Waals surface area (Å²) in [4.78, 5) is 0. The van der Waals surface area contributed by atoms with Gasteiger partial charge in [-0.15, -0.1) is 0 Å². The van der Waals surface area contributed by atoms with Crippen molar-refractivity contribution in [3.8, 4) is 0 Å². The molecule has 0 radical (unpaired) electrons. The molecule has 0 heterocycles. The zero-order valence-electron chi connectivity index (χ0n) is 19.3. The van der Waals surface area contributed by atoms with Crippen molar-refractivity contribution in [1.29, 1.82) is 0 Å². The maximum Gasteiger partial charge on any atom is 0.0811 e. The molecule has 6 atom stereocenters. The van der Waals surface area contributed by atoms with Crippen molar-refractivity contribution in [3.05, 3.63) is 35.5 Å². The van der Waals surface area contributed by atoms with Crippen molar-refractivity contribution in [2.75, 3.05) is 0 Å². The highest BCUT2D eigenvalue weighted by molar-refractivity contribution is 5.38. The van der Waals surface area contributed by atoms with E-state index < -0.39 is 12.2 Å². The highest BCUT2D eigenvalue weighted by Gasteiger charge is 2.50. The highest BCUT2D eigenvalue weighted by atomic mass is 16.3. The summed E-state index contributed by atoms with van der Waals surface area (Å²) < 4.78 is 0. The molecule has 3 fully saturated rings. The minimum Gasteiger partial charge on any atom is -0.393 e. The van der Waals surface area contributed by atoms with E-state index in [0.717, 1.165) is 28.9 Å². The van der Waals surface area contributed by atoms with Crippen molar-refractivity contribution >= 4 is 0 Å². The van der Waals surface area contributed by atoms with E-state index >= 15 is 0 Å². The molecule has 0 saturated heterocycles. The first-order valence-electron chi connectivity index (χ1n) is 12.2. The molecule has 0 aromatic rings. The summed E-state index contributed by atoms with van der Waals surface area (Å²) in [6.45, 7) is 13.8. The quantitative estimate of drug-likeness (QED) is 0.528. The molecule has 0 aromatic heterocycles. The summed E-state index contributed by atoms with van der Waals surface area (Å²) in [7, 11) is 0. The van der Waals surface area contributed by atoms with E-state index in [-0.39, 0.29) is 0 Å². The molecule has 0 aliphatic heterocycles. The number of allylic oxidation sites excluding steroid dienone is 3. The second kappa shape index (κ2) is 9.52. The van der Waals surface area contributed by atoms with E-state index in [4.69, 9.17) is 0 Å². The second-order valence-electron chi connectivity index (χ2n) is 11.0. The molecule has 164 valence electrons. The van der Waals surface area contributed by atoms with Crippen LogP contribution in [0.15, 0.2) is 35.5 Å². The number of aliphatic hydroxyl groups is 2. The summed E-state index contributed by atoms with van der Waals surface area (Å²) in [6, 6.07) is 0. The van der Waals surface area contributed by atoms with Crippen molar-refractivity contribution < 1.29 is 10.2 Å². The molecular weight excluding hydrogens is 356 g/mol. The molecule has 2 heteroatoms. The van der Waals surface area contributed by atoms with Gasteiger partial charge in [-0.05, 0) is 78.8 Å². The third kappa shape index (κ3) is 5.07. The van der Waals surface area contributed by atoms with Crippen molar-refractivity contribution in [2.24, 2.45) is 29.1 Å². The van der Waals surface area contributed by atoms with Crippen LogP contribution < -0.4 is 0 Å². The van der Waals surface area contributed by atoms with Gasteiger partial charge >= 0.3 is 0 Å². The van der Waals surface area contributed by atoms with E-state index in [1.165, 1.54) is 51.4 Å². The Hall–Kier alpha value is -0.860. The fraction of sp³-hybridized carbons (Fsp3) is 0.778. The summed E-state index contributed by atoms with van der Waals surface area (Å²) in [5.41, 5.74) is 3.88. The Bertz CT molecular complexity index is 643. The van der Waals surface area contributed by atoms with Gasteiger partial charge in [-0.3, -0.25) is 0 Å². The van der Waals surface area contributed by atoms with Crippen LogP contribution in [-0.2, 0) is 0 Å². The lowest BCUT2D eigenvalue weighted by atomic mass is 9.60. The molecule has 3 saturated carbocycles. The molecule has 3 aliphatic rings. The minimum atomic E-state index is -0.595. The summed E-state index contributed by atoms with van der Waals surface area (Å²) in [6.07, 6.45) is 15.2. The average molecular weight is 401 g/mol. The van der Waals surface area contributed by atoms with Gasteiger partial charge in [0.1, 0.15) is 0 Å². The Morgan fingerprint density at radius 3 is 2.62 bits per heavy atom. The lowest BCUT2D eigenvalue weighted by Crippen LogP contribution is -2.36. The van der Waals surface area contributed by atoms with Gasteiger partial charge in [0, 0.05) is 6.42 Å². The van der Waals surface area contributed by atoms with Gasteiger partial charge in [0.05, 0.1) is 12.2 Å². The van der Waals surface area contributed by atoms with E-state index in [9.17, 15) is 10.2 Å². The van der Waals surface area contributed by atoms with Gasteiger partial charge in [0.2, 0.25) is 0 Å². The predicted octanol–water partition coefficient (Wildman–Crippen LogP) is 6.59. The molecular formula is C27H44O2. The maximum absolute atomic E-state index is 10.1. The van der Waals surface area contributed by atoms with Gasteiger partial charge in [-0.25, -0.2) is 0 Å².